The van der Waals surface area contributed by atoms with Gasteiger partial charge in [0.2, 0.25) is 0 Å². The zero-order valence-corrected chi connectivity index (χ0v) is 10.5. The van der Waals surface area contributed by atoms with E-state index in [1.54, 1.807) is 11.3 Å². The Hall–Kier alpha value is -0.380. The second-order valence-corrected chi connectivity index (χ2v) is 4.50. The molecular weight excluding hydrogens is 206 g/mol. The lowest BCUT2D eigenvalue weighted by molar-refractivity contribution is 0.0657. The van der Waals surface area contributed by atoms with Crippen molar-refractivity contribution in [3.63, 3.8) is 0 Å². The Morgan fingerprint density at radius 3 is 3.00 bits per heavy atom. The van der Waals surface area contributed by atoms with Crippen LogP contribution in [0.25, 0.3) is 0 Å². The molecule has 0 aliphatic carbocycles. The SMILES string of the molecule is CCC(C)OCCNCCc1ccsc1. The molecule has 1 heterocycles. The van der Waals surface area contributed by atoms with Gasteiger partial charge >= 0.3 is 0 Å². The second kappa shape index (κ2) is 7.85. The molecule has 0 radical (unpaired) electrons. The van der Waals surface area contributed by atoms with Crippen molar-refractivity contribution in [2.45, 2.75) is 32.8 Å². The summed E-state index contributed by atoms with van der Waals surface area (Å²) in [5, 5.41) is 7.71. The molecular formula is C12H21NOS. The van der Waals surface area contributed by atoms with Crippen molar-refractivity contribution in [3.05, 3.63) is 22.4 Å². The predicted molar refractivity (Wildman–Crippen MR) is 66.6 cm³/mol. The molecule has 0 amide bonds. The zero-order valence-electron chi connectivity index (χ0n) is 9.66. The van der Waals surface area contributed by atoms with E-state index in [-0.39, 0.29) is 0 Å². The van der Waals surface area contributed by atoms with Crippen LogP contribution in [0.2, 0.25) is 0 Å². The summed E-state index contributed by atoms with van der Waals surface area (Å²) in [7, 11) is 0. The highest BCUT2D eigenvalue weighted by Crippen LogP contribution is 2.05. The molecule has 1 N–H and O–H groups in total. The van der Waals surface area contributed by atoms with Crippen LogP contribution in [0, 0.1) is 0 Å². The molecule has 0 aliphatic rings. The first-order valence-electron chi connectivity index (χ1n) is 5.66. The van der Waals surface area contributed by atoms with E-state index >= 15 is 0 Å². The van der Waals surface area contributed by atoms with Crippen molar-refractivity contribution in [1.29, 1.82) is 0 Å². The normalized spacial score (nSPS) is 12.9. The van der Waals surface area contributed by atoms with E-state index in [1.165, 1.54) is 5.56 Å². The highest BCUT2D eigenvalue weighted by molar-refractivity contribution is 7.07. The number of rotatable bonds is 8. The van der Waals surface area contributed by atoms with Crippen LogP contribution in [0.15, 0.2) is 16.8 Å². The Morgan fingerprint density at radius 1 is 1.47 bits per heavy atom. The molecule has 1 unspecified atom stereocenters. The summed E-state index contributed by atoms with van der Waals surface area (Å²) in [4.78, 5) is 0. The van der Waals surface area contributed by atoms with Gasteiger partial charge in [-0.15, -0.1) is 0 Å². The summed E-state index contributed by atoms with van der Waals surface area (Å²) >= 11 is 1.76. The van der Waals surface area contributed by atoms with Gasteiger partial charge in [0.15, 0.2) is 0 Å². The minimum absolute atomic E-state index is 0.392. The van der Waals surface area contributed by atoms with Gasteiger partial charge in [0.25, 0.3) is 0 Å². The minimum Gasteiger partial charge on any atom is -0.377 e. The van der Waals surface area contributed by atoms with Gasteiger partial charge < -0.3 is 10.1 Å². The molecule has 86 valence electrons. The van der Waals surface area contributed by atoms with E-state index in [0.717, 1.165) is 32.5 Å². The van der Waals surface area contributed by atoms with Crippen LogP contribution in [0.1, 0.15) is 25.8 Å². The number of hydrogen-bond acceptors (Lipinski definition) is 3. The van der Waals surface area contributed by atoms with Crippen molar-refractivity contribution < 1.29 is 4.74 Å². The summed E-state index contributed by atoms with van der Waals surface area (Å²) in [6.45, 7) is 7.08. The highest BCUT2D eigenvalue weighted by atomic mass is 32.1. The van der Waals surface area contributed by atoms with Crippen LogP contribution in [-0.4, -0.2) is 25.8 Å². The maximum atomic E-state index is 5.57. The summed E-state index contributed by atoms with van der Waals surface area (Å²) in [5.74, 6) is 0. The molecule has 0 saturated carbocycles. The van der Waals surface area contributed by atoms with Crippen molar-refractivity contribution in [2.75, 3.05) is 19.7 Å². The highest BCUT2D eigenvalue weighted by Gasteiger charge is 1.97. The lowest BCUT2D eigenvalue weighted by Gasteiger charge is -2.10. The van der Waals surface area contributed by atoms with E-state index in [9.17, 15) is 0 Å². The Bertz CT molecular complexity index is 236. The van der Waals surface area contributed by atoms with Gasteiger partial charge in [0, 0.05) is 6.54 Å². The van der Waals surface area contributed by atoms with Crippen molar-refractivity contribution in [2.24, 2.45) is 0 Å². The molecule has 0 aromatic carbocycles. The van der Waals surface area contributed by atoms with Crippen LogP contribution in [0.5, 0.6) is 0 Å². The van der Waals surface area contributed by atoms with Crippen molar-refractivity contribution in [3.8, 4) is 0 Å². The first-order chi connectivity index (χ1) is 7.33. The van der Waals surface area contributed by atoms with Crippen LogP contribution in [-0.2, 0) is 11.2 Å². The monoisotopic (exact) mass is 227 g/mol. The van der Waals surface area contributed by atoms with Gasteiger partial charge in [-0.05, 0) is 48.7 Å². The molecule has 3 heteroatoms. The Kier molecular flexibility index (Phi) is 6.64. The predicted octanol–water partition coefficient (Wildman–Crippen LogP) is 2.70. The van der Waals surface area contributed by atoms with E-state index in [4.69, 9.17) is 4.74 Å². The zero-order chi connectivity index (χ0) is 10.9. The average molecular weight is 227 g/mol. The lowest BCUT2D eigenvalue weighted by Crippen LogP contribution is -2.23. The molecule has 0 fully saturated rings. The molecule has 0 spiro atoms. The Morgan fingerprint density at radius 2 is 2.33 bits per heavy atom. The minimum atomic E-state index is 0.392. The largest absolute Gasteiger partial charge is 0.377 e. The third-order valence-corrected chi connectivity index (χ3v) is 3.16. The summed E-state index contributed by atoms with van der Waals surface area (Å²) in [6, 6.07) is 2.18. The topological polar surface area (TPSA) is 21.3 Å². The maximum absolute atomic E-state index is 5.57. The molecule has 15 heavy (non-hydrogen) atoms. The third kappa shape index (κ3) is 5.92. The molecule has 0 saturated heterocycles. The first-order valence-corrected chi connectivity index (χ1v) is 6.60. The van der Waals surface area contributed by atoms with Gasteiger partial charge in [-0.2, -0.15) is 11.3 Å². The number of hydrogen-bond donors (Lipinski definition) is 1. The van der Waals surface area contributed by atoms with Crippen LogP contribution in [0.3, 0.4) is 0 Å². The molecule has 1 atom stereocenters. The quantitative estimate of drug-likeness (QED) is 0.689. The van der Waals surface area contributed by atoms with E-state index < -0.39 is 0 Å². The third-order valence-electron chi connectivity index (χ3n) is 2.43. The molecule has 1 aromatic rings. The summed E-state index contributed by atoms with van der Waals surface area (Å²) < 4.78 is 5.57. The number of nitrogens with one attached hydrogen (secondary N) is 1. The van der Waals surface area contributed by atoms with Gasteiger partial charge in [0.1, 0.15) is 0 Å². The second-order valence-electron chi connectivity index (χ2n) is 3.72. The Balaban J connectivity index is 1.89. The summed E-state index contributed by atoms with van der Waals surface area (Å²) in [6.07, 6.45) is 2.60. The fraction of sp³-hybridized carbons (Fsp3) is 0.667. The van der Waals surface area contributed by atoms with Crippen LogP contribution >= 0.6 is 11.3 Å². The van der Waals surface area contributed by atoms with Gasteiger partial charge in [0.05, 0.1) is 12.7 Å². The average Bonchev–Trinajstić information content (AvgIpc) is 2.75. The molecule has 1 aromatic heterocycles. The van der Waals surface area contributed by atoms with Gasteiger partial charge in [-0.1, -0.05) is 6.92 Å². The molecule has 0 bridgehead atoms. The standard InChI is InChI=1S/C12H21NOS/c1-3-11(2)14-8-7-13-6-4-12-5-9-15-10-12/h5,9-11,13H,3-4,6-8H2,1-2H3. The van der Waals surface area contributed by atoms with Crippen LogP contribution < -0.4 is 5.32 Å². The fourth-order valence-electron chi connectivity index (χ4n) is 1.24. The molecule has 2 nitrogen and oxygen atoms in total. The number of ether oxygens (including phenoxy) is 1. The Labute approximate surface area is 96.7 Å². The van der Waals surface area contributed by atoms with E-state index in [2.05, 4.69) is 36.0 Å². The van der Waals surface area contributed by atoms with Gasteiger partial charge in [-0.25, -0.2) is 0 Å². The van der Waals surface area contributed by atoms with Crippen molar-refractivity contribution in [1.82, 2.24) is 5.32 Å². The smallest absolute Gasteiger partial charge is 0.0594 e. The van der Waals surface area contributed by atoms with Crippen molar-refractivity contribution >= 4 is 11.3 Å². The summed E-state index contributed by atoms with van der Waals surface area (Å²) in [5.41, 5.74) is 1.43. The lowest BCUT2D eigenvalue weighted by atomic mass is 10.2. The number of thiophene rings is 1. The van der Waals surface area contributed by atoms with Crippen LogP contribution in [0.4, 0.5) is 0 Å². The van der Waals surface area contributed by atoms with E-state index in [1.807, 2.05) is 0 Å². The maximum Gasteiger partial charge on any atom is 0.0594 e. The van der Waals surface area contributed by atoms with E-state index in [0.29, 0.717) is 6.10 Å². The first kappa shape index (κ1) is 12.7. The fourth-order valence-corrected chi connectivity index (χ4v) is 1.95. The molecule has 1 rings (SSSR count). The van der Waals surface area contributed by atoms with Gasteiger partial charge in [-0.3, -0.25) is 0 Å². The molecule has 0 aliphatic heterocycles.